The van der Waals surface area contributed by atoms with Gasteiger partial charge < -0.3 is 15.0 Å². The van der Waals surface area contributed by atoms with Crippen LogP contribution in [0.1, 0.15) is 54.8 Å². The van der Waals surface area contributed by atoms with E-state index in [4.69, 9.17) is 4.74 Å². The maximum absolute atomic E-state index is 13.9. The molecule has 9 heteroatoms. The average molecular weight is 590 g/mol. The SMILES string of the molecule is O=C(NCC1CCCO1)C(c1ccccc1)N(Cc1ccccc1)C(=O)CCc1ccc(S(=O)(=O)N2CCCC2)cc1. The van der Waals surface area contributed by atoms with Crippen LogP contribution in [0.3, 0.4) is 0 Å². The standard InChI is InChI=1S/C33H39N3O5S/c37-31(20-17-26-15-18-30(19-16-26)42(39,40)35-21-7-8-22-35)36(25-27-10-3-1-4-11-27)32(28-12-5-2-6-13-28)33(38)34-24-29-14-9-23-41-29/h1-6,10-13,15-16,18-19,29,32H,7-9,14,17,20-25H2,(H,34,38). The van der Waals surface area contributed by atoms with Gasteiger partial charge in [0.2, 0.25) is 21.8 Å². The highest BCUT2D eigenvalue weighted by Crippen LogP contribution is 2.26. The van der Waals surface area contributed by atoms with Crippen LogP contribution in [0.15, 0.2) is 89.8 Å². The molecule has 2 atom stereocenters. The number of aryl methyl sites for hydroxylation is 1. The van der Waals surface area contributed by atoms with Crippen LogP contribution in [0.2, 0.25) is 0 Å². The third kappa shape index (κ3) is 7.45. The van der Waals surface area contributed by atoms with Crippen molar-refractivity contribution in [1.82, 2.24) is 14.5 Å². The molecular formula is C33H39N3O5S. The van der Waals surface area contributed by atoms with Crippen LogP contribution in [-0.4, -0.2) is 61.8 Å². The molecule has 0 aliphatic carbocycles. The Labute approximate surface area is 248 Å². The molecule has 3 aromatic rings. The third-order valence-corrected chi connectivity index (χ3v) is 9.89. The first-order chi connectivity index (χ1) is 20.4. The highest BCUT2D eigenvalue weighted by atomic mass is 32.2. The molecule has 2 aliphatic heterocycles. The normalized spacial score (nSPS) is 18.0. The van der Waals surface area contributed by atoms with Crippen molar-refractivity contribution in [2.75, 3.05) is 26.2 Å². The van der Waals surface area contributed by atoms with E-state index in [9.17, 15) is 18.0 Å². The molecule has 0 aromatic heterocycles. The summed E-state index contributed by atoms with van der Waals surface area (Å²) in [5.74, 6) is -0.397. The van der Waals surface area contributed by atoms with E-state index in [2.05, 4.69) is 5.32 Å². The topological polar surface area (TPSA) is 96.0 Å². The minimum Gasteiger partial charge on any atom is -0.376 e. The molecule has 2 aliphatic rings. The van der Waals surface area contributed by atoms with Crippen LogP contribution in [0.4, 0.5) is 0 Å². The van der Waals surface area contributed by atoms with Gasteiger partial charge >= 0.3 is 0 Å². The number of hydrogen-bond donors (Lipinski definition) is 1. The lowest BCUT2D eigenvalue weighted by Crippen LogP contribution is -2.45. The number of carbonyl (C=O) groups excluding carboxylic acids is 2. The molecule has 0 bridgehead atoms. The fourth-order valence-electron chi connectivity index (χ4n) is 5.63. The highest BCUT2D eigenvalue weighted by molar-refractivity contribution is 7.89. The molecular weight excluding hydrogens is 550 g/mol. The molecule has 0 saturated carbocycles. The predicted molar refractivity (Wildman–Crippen MR) is 161 cm³/mol. The average Bonchev–Trinajstić information content (AvgIpc) is 3.75. The summed E-state index contributed by atoms with van der Waals surface area (Å²) < 4.78 is 33.0. The molecule has 222 valence electrons. The molecule has 1 N–H and O–H groups in total. The largest absolute Gasteiger partial charge is 0.376 e. The Morgan fingerprint density at radius 1 is 0.881 bits per heavy atom. The quantitative estimate of drug-likeness (QED) is 0.336. The third-order valence-electron chi connectivity index (χ3n) is 7.97. The number of rotatable bonds is 12. The van der Waals surface area contributed by atoms with E-state index >= 15 is 0 Å². The Bertz CT molecular complexity index is 1420. The summed E-state index contributed by atoms with van der Waals surface area (Å²) in [5.41, 5.74) is 2.53. The molecule has 8 nitrogen and oxygen atoms in total. The van der Waals surface area contributed by atoms with Gasteiger partial charge in [-0.05, 0) is 60.9 Å². The lowest BCUT2D eigenvalue weighted by Gasteiger charge is -2.32. The van der Waals surface area contributed by atoms with E-state index in [0.29, 0.717) is 32.7 Å². The lowest BCUT2D eigenvalue weighted by atomic mass is 10.0. The Morgan fingerprint density at radius 3 is 2.19 bits per heavy atom. The van der Waals surface area contributed by atoms with Gasteiger partial charge in [-0.1, -0.05) is 72.8 Å². The van der Waals surface area contributed by atoms with Gasteiger partial charge in [-0.2, -0.15) is 4.31 Å². The summed E-state index contributed by atoms with van der Waals surface area (Å²) >= 11 is 0. The van der Waals surface area contributed by atoms with Gasteiger partial charge in [0.1, 0.15) is 6.04 Å². The molecule has 2 saturated heterocycles. The smallest absolute Gasteiger partial charge is 0.247 e. The molecule has 0 radical (unpaired) electrons. The summed E-state index contributed by atoms with van der Waals surface area (Å²) in [6.45, 7) is 2.49. The number of nitrogens with zero attached hydrogens (tertiary/aromatic N) is 2. The van der Waals surface area contributed by atoms with E-state index in [0.717, 1.165) is 42.4 Å². The van der Waals surface area contributed by atoms with Gasteiger partial charge in [-0.3, -0.25) is 9.59 Å². The van der Waals surface area contributed by atoms with Crippen molar-refractivity contribution in [3.05, 3.63) is 102 Å². The number of hydrogen-bond acceptors (Lipinski definition) is 5. The van der Waals surface area contributed by atoms with Crippen molar-refractivity contribution in [1.29, 1.82) is 0 Å². The van der Waals surface area contributed by atoms with Crippen molar-refractivity contribution < 1.29 is 22.7 Å². The maximum atomic E-state index is 13.9. The second kappa shape index (κ2) is 14.1. The van der Waals surface area contributed by atoms with E-state index in [1.807, 2.05) is 60.7 Å². The Hall–Kier alpha value is -3.53. The Morgan fingerprint density at radius 2 is 1.55 bits per heavy atom. The molecule has 5 rings (SSSR count). The molecule has 2 fully saturated rings. The zero-order chi connectivity index (χ0) is 29.4. The zero-order valence-corrected chi connectivity index (χ0v) is 24.7. The van der Waals surface area contributed by atoms with Gasteiger partial charge in [0.25, 0.3) is 0 Å². The Kier molecular flexibility index (Phi) is 10.0. The predicted octanol–water partition coefficient (Wildman–Crippen LogP) is 4.47. The minimum atomic E-state index is -3.49. The summed E-state index contributed by atoms with van der Waals surface area (Å²) in [5, 5.41) is 3.04. The molecule has 2 amide bonds. The number of benzene rings is 3. The van der Waals surface area contributed by atoms with Gasteiger partial charge in [0.15, 0.2) is 0 Å². The van der Waals surface area contributed by atoms with Crippen molar-refractivity contribution >= 4 is 21.8 Å². The molecule has 42 heavy (non-hydrogen) atoms. The van der Waals surface area contributed by atoms with Crippen molar-refractivity contribution in [2.45, 2.75) is 62.1 Å². The van der Waals surface area contributed by atoms with E-state index in [1.165, 1.54) is 4.31 Å². The van der Waals surface area contributed by atoms with E-state index in [-0.39, 0.29) is 35.8 Å². The molecule has 2 unspecified atom stereocenters. The fraction of sp³-hybridized carbons (Fsp3) is 0.394. The van der Waals surface area contributed by atoms with Crippen molar-refractivity contribution in [3.63, 3.8) is 0 Å². The first kappa shape index (κ1) is 29.9. The first-order valence-corrected chi connectivity index (χ1v) is 16.2. The number of amides is 2. The maximum Gasteiger partial charge on any atom is 0.247 e. The van der Waals surface area contributed by atoms with E-state index < -0.39 is 16.1 Å². The van der Waals surface area contributed by atoms with Gasteiger partial charge in [0, 0.05) is 39.2 Å². The minimum absolute atomic E-state index is 0.0131. The first-order valence-electron chi connectivity index (χ1n) is 14.8. The van der Waals surface area contributed by atoms with Crippen LogP contribution < -0.4 is 5.32 Å². The van der Waals surface area contributed by atoms with Crippen LogP contribution >= 0.6 is 0 Å². The van der Waals surface area contributed by atoms with Crippen molar-refractivity contribution in [2.24, 2.45) is 0 Å². The molecule has 3 aromatic carbocycles. The summed E-state index contributed by atoms with van der Waals surface area (Å²) in [7, 11) is -3.49. The lowest BCUT2D eigenvalue weighted by molar-refractivity contribution is -0.141. The van der Waals surface area contributed by atoms with Crippen molar-refractivity contribution in [3.8, 4) is 0 Å². The molecule has 0 spiro atoms. The van der Waals surface area contributed by atoms with Gasteiger partial charge in [-0.15, -0.1) is 0 Å². The summed E-state index contributed by atoms with van der Waals surface area (Å²) in [6, 6.07) is 25.1. The second-order valence-electron chi connectivity index (χ2n) is 11.0. The number of carbonyl (C=O) groups is 2. The van der Waals surface area contributed by atoms with Gasteiger partial charge in [0.05, 0.1) is 11.0 Å². The number of nitrogens with one attached hydrogen (secondary N) is 1. The highest BCUT2D eigenvalue weighted by Gasteiger charge is 2.32. The monoisotopic (exact) mass is 589 g/mol. The Balaban J connectivity index is 1.34. The van der Waals surface area contributed by atoms with Crippen LogP contribution in [0.5, 0.6) is 0 Å². The fourth-order valence-corrected chi connectivity index (χ4v) is 7.15. The number of ether oxygens (including phenoxy) is 1. The molecule has 2 heterocycles. The van der Waals surface area contributed by atoms with Gasteiger partial charge in [-0.25, -0.2) is 8.42 Å². The van der Waals surface area contributed by atoms with Crippen LogP contribution in [0, 0.1) is 0 Å². The second-order valence-corrected chi connectivity index (χ2v) is 12.9. The summed E-state index contributed by atoms with van der Waals surface area (Å²) in [6.07, 6.45) is 4.24. The van der Waals surface area contributed by atoms with Crippen LogP contribution in [-0.2, 0) is 37.3 Å². The number of sulfonamides is 1. The van der Waals surface area contributed by atoms with Crippen LogP contribution in [0.25, 0.3) is 0 Å². The summed E-state index contributed by atoms with van der Waals surface area (Å²) in [4.78, 5) is 29.6. The van der Waals surface area contributed by atoms with E-state index in [1.54, 1.807) is 29.2 Å². The zero-order valence-electron chi connectivity index (χ0n) is 23.9.